The van der Waals surface area contributed by atoms with Gasteiger partial charge >= 0.3 is 5.97 Å². The Balaban J connectivity index is 2.02. The first-order chi connectivity index (χ1) is 11.0. The molecule has 0 fully saturated rings. The van der Waals surface area contributed by atoms with Crippen LogP contribution in [-0.4, -0.2) is 36.6 Å². The van der Waals surface area contributed by atoms with Crippen LogP contribution in [0.4, 0.5) is 0 Å². The largest absolute Gasteiger partial charge is 0.478 e. The summed E-state index contributed by atoms with van der Waals surface area (Å²) in [7, 11) is 4.03. The Morgan fingerprint density at radius 1 is 1.22 bits per heavy atom. The molecular weight excluding hydrogens is 312 g/mol. The van der Waals surface area contributed by atoms with Gasteiger partial charge in [-0.3, -0.25) is 0 Å². The standard InChI is InChI=1S/C18H21ClN2O2/c1-21(2)17(15-8-3-4-9-16(15)19)12-20-11-13-6-5-7-14(10-13)18(22)23/h3-10,17,20H,11-12H2,1-2H3,(H,22,23). The highest BCUT2D eigenvalue weighted by Gasteiger charge is 2.16. The lowest BCUT2D eigenvalue weighted by atomic mass is 10.1. The molecule has 4 nitrogen and oxygen atoms in total. The Bertz CT molecular complexity index is 674. The van der Waals surface area contributed by atoms with Crippen LogP contribution in [0.5, 0.6) is 0 Å². The van der Waals surface area contributed by atoms with E-state index in [9.17, 15) is 4.79 Å². The van der Waals surface area contributed by atoms with Crippen molar-refractivity contribution in [2.24, 2.45) is 0 Å². The zero-order valence-corrected chi connectivity index (χ0v) is 14.0. The van der Waals surface area contributed by atoms with Gasteiger partial charge in [0.1, 0.15) is 0 Å². The third kappa shape index (κ3) is 4.79. The molecule has 0 aliphatic heterocycles. The van der Waals surface area contributed by atoms with Gasteiger partial charge in [0.2, 0.25) is 0 Å². The molecule has 2 aromatic carbocycles. The molecule has 23 heavy (non-hydrogen) atoms. The van der Waals surface area contributed by atoms with E-state index in [1.54, 1.807) is 18.2 Å². The van der Waals surface area contributed by atoms with Gasteiger partial charge in [0.15, 0.2) is 0 Å². The highest BCUT2D eigenvalue weighted by molar-refractivity contribution is 6.31. The number of nitrogens with one attached hydrogen (secondary N) is 1. The van der Waals surface area contributed by atoms with Crippen molar-refractivity contribution in [2.45, 2.75) is 12.6 Å². The zero-order chi connectivity index (χ0) is 16.8. The van der Waals surface area contributed by atoms with Crippen molar-refractivity contribution in [1.29, 1.82) is 0 Å². The first kappa shape index (κ1) is 17.5. The molecule has 0 saturated carbocycles. The second-order valence-corrected chi connectivity index (χ2v) is 6.04. The number of benzene rings is 2. The Labute approximate surface area is 141 Å². The maximum absolute atomic E-state index is 11.0. The van der Waals surface area contributed by atoms with Crippen molar-refractivity contribution in [1.82, 2.24) is 10.2 Å². The van der Waals surface area contributed by atoms with Crippen molar-refractivity contribution in [2.75, 3.05) is 20.6 Å². The van der Waals surface area contributed by atoms with E-state index in [1.807, 2.05) is 44.4 Å². The van der Waals surface area contributed by atoms with E-state index in [1.165, 1.54) is 0 Å². The molecule has 0 aromatic heterocycles. The topological polar surface area (TPSA) is 52.6 Å². The molecule has 1 unspecified atom stereocenters. The van der Waals surface area contributed by atoms with E-state index in [0.717, 1.165) is 16.1 Å². The van der Waals surface area contributed by atoms with Crippen LogP contribution in [0.1, 0.15) is 27.5 Å². The van der Waals surface area contributed by atoms with Crippen LogP contribution in [-0.2, 0) is 6.54 Å². The fourth-order valence-electron chi connectivity index (χ4n) is 2.48. The summed E-state index contributed by atoms with van der Waals surface area (Å²) in [6, 6.07) is 14.9. The van der Waals surface area contributed by atoms with Crippen LogP contribution in [0.15, 0.2) is 48.5 Å². The third-order valence-corrected chi connectivity index (χ3v) is 4.07. The third-order valence-electron chi connectivity index (χ3n) is 3.73. The van der Waals surface area contributed by atoms with E-state index in [0.29, 0.717) is 18.7 Å². The summed E-state index contributed by atoms with van der Waals surface area (Å²) in [4.78, 5) is 13.1. The van der Waals surface area contributed by atoms with Crippen LogP contribution < -0.4 is 5.32 Å². The number of aromatic carboxylic acids is 1. The monoisotopic (exact) mass is 332 g/mol. The van der Waals surface area contributed by atoms with Gasteiger partial charge in [0.25, 0.3) is 0 Å². The van der Waals surface area contributed by atoms with E-state index >= 15 is 0 Å². The van der Waals surface area contributed by atoms with Gasteiger partial charge < -0.3 is 15.3 Å². The average Bonchev–Trinajstić information content (AvgIpc) is 2.52. The van der Waals surface area contributed by atoms with Crippen LogP contribution >= 0.6 is 11.6 Å². The summed E-state index contributed by atoms with van der Waals surface area (Å²) in [6.07, 6.45) is 0. The fourth-order valence-corrected chi connectivity index (χ4v) is 2.75. The molecular formula is C18H21ClN2O2. The molecule has 0 aliphatic carbocycles. The van der Waals surface area contributed by atoms with Gasteiger partial charge in [-0.25, -0.2) is 4.79 Å². The number of nitrogens with zero attached hydrogens (tertiary/aromatic N) is 1. The molecule has 0 bridgehead atoms. The molecule has 0 spiro atoms. The molecule has 0 radical (unpaired) electrons. The number of hydrogen-bond acceptors (Lipinski definition) is 3. The van der Waals surface area contributed by atoms with Gasteiger partial charge in [0.05, 0.1) is 5.56 Å². The van der Waals surface area contributed by atoms with Crippen molar-refractivity contribution >= 4 is 17.6 Å². The SMILES string of the molecule is CN(C)C(CNCc1cccc(C(=O)O)c1)c1ccccc1Cl. The Kier molecular flexibility index (Phi) is 6.16. The fraction of sp³-hybridized carbons (Fsp3) is 0.278. The minimum atomic E-state index is -0.908. The Morgan fingerprint density at radius 3 is 2.61 bits per heavy atom. The lowest BCUT2D eigenvalue weighted by Crippen LogP contribution is -2.31. The Morgan fingerprint density at radius 2 is 1.96 bits per heavy atom. The molecule has 0 amide bonds. The number of hydrogen-bond donors (Lipinski definition) is 2. The Hall–Kier alpha value is -1.88. The zero-order valence-electron chi connectivity index (χ0n) is 13.3. The summed E-state index contributed by atoms with van der Waals surface area (Å²) < 4.78 is 0. The predicted octanol–water partition coefficient (Wildman–Crippen LogP) is 3.43. The number of likely N-dealkylation sites (N-methyl/N-ethyl adjacent to an activating group) is 1. The molecule has 0 heterocycles. The second-order valence-electron chi connectivity index (χ2n) is 5.64. The van der Waals surface area contributed by atoms with E-state index in [2.05, 4.69) is 10.2 Å². The lowest BCUT2D eigenvalue weighted by molar-refractivity contribution is 0.0696. The summed E-state index contributed by atoms with van der Waals surface area (Å²) >= 11 is 6.29. The summed E-state index contributed by atoms with van der Waals surface area (Å²) in [5, 5.41) is 13.2. The highest BCUT2D eigenvalue weighted by atomic mass is 35.5. The summed E-state index contributed by atoms with van der Waals surface area (Å²) in [5.41, 5.74) is 2.33. The van der Waals surface area contributed by atoms with Crippen molar-refractivity contribution < 1.29 is 9.90 Å². The first-order valence-electron chi connectivity index (χ1n) is 7.43. The lowest BCUT2D eigenvalue weighted by Gasteiger charge is -2.26. The number of carboxylic acid groups (broad SMARTS) is 1. The summed E-state index contributed by atoms with van der Waals surface area (Å²) in [5.74, 6) is -0.908. The molecule has 0 aliphatic rings. The highest BCUT2D eigenvalue weighted by Crippen LogP contribution is 2.25. The van der Waals surface area contributed by atoms with Crippen molar-refractivity contribution in [3.05, 3.63) is 70.2 Å². The quantitative estimate of drug-likeness (QED) is 0.815. The molecule has 122 valence electrons. The van der Waals surface area contributed by atoms with E-state index in [-0.39, 0.29) is 6.04 Å². The molecule has 1 atom stereocenters. The van der Waals surface area contributed by atoms with E-state index in [4.69, 9.17) is 16.7 Å². The number of carboxylic acids is 1. The first-order valence-corrected chi connectivity index (χ1v) is 7.80. The van der Waals surface area contributed by atoms with Crippen LogP contribution in [0.2, 0.25) is 5.02 Å². The van der Waals surface area contributed by atoms with Gasteiger partial charge in [-0.2, -0.15) is 0 Å². The van der Waals surface area contributed by atoms with Gasteiger partial charge in [0, 0.05) is 24.2 Å². The van der Waals surface area contributed by atoms with Crippen LogP contribution in [0.25, 0.3) is 0 Å². The number of rotatable bonds is 7. The molecule has 0 saturated heterocycles. The predicted molar refractivity (Wildman–Crippen MR) is 93.0 cm³/mol. The number of carbonyl (C=O) groups is 1. The molecule has 2 aromatic rings. The maximum Gasteiger partial charge on any atom is 0.335 e. The minimum Gasteiger partial charge on any atom is -0.478 e. The summed E-state index contributed by atoms with van der Waals surface area (Å²) in [6.45, 7) is 1.32. The normalized spacial score (nSPS) is 12.3. The van der Waals surface area contributed by atoms with Crippen LogP contribution in [0, 0.1) is 0 Å². The van der Waals surface area contributed by atoms with Gasteiger partial charge in [-0.05, 0) is 43.4 Å². The minimum absolute atomic E-state index is 0.145. The van der Waals surface area contributed by atoms with Crippen LogP contribution in [0.3, 0.4) is 0 Å². The van der Waals surface area contributed by atoms with Gasteiger partial charge in [-0.1, -0.05) is 41.9 Å². The number of halogens is 1. The molecule has 2 rings (SSSR count). The maximum atomic E-state index is 11.0. The van der Waals surface area contributed by atoms with Gasteiger partial charge in [-0.15, -0.1) is 0 Å². The smallest absolute Gasteiger partial charge is 0.335 e. The molecule has 5 heteroatoms. The molecule has 2 N–H and O–H groups in total. The van der Waals surface area contributed by atoms with Crippen molar-refractivity contribution in [3.63, 3.8) is 0 Å². The van der Waals surface area contributed by atoms with E-state index < -0.39 is 5.97 Å². The van der Waals surface area contributed by atoms with Crippen molar-refractivity contribution in [3.8, 4) is 0 Å². The second kappa shape index (κ2) is 8.11. The average molecular weight is 333 g/mol.